The van der Waals surface area contributed by atoms with Crippen LogP contribution in [0.1, 0.15) is 45.4 Å². The van der Waals surface area contributed by atoms with Crippen LogP contribution in [0.25, 0.3) is 0 Å². The number of carbonyl (C=O) groups is 1. The second-order valence-electron chi connectivity index (χ2n) is 5.29. The molecule has 16 heavy (non-hydrogen) atoms. The Bertz CT molecular complexity index is 262. The molecule has 0 aromatic heterocycles. The van der Waals surface area contributed by atoms with Gasteiger partial charge < -0.3 is 15.7 Å². The van der Waals surface area contributed by atoms with Crippen LogP contribution in [0, 0.1) is 0 Å². The third-order valence-electron chi connectivity index (χ3n) is 3.92. The van der Waals surface area contributed by atoms with Gasteiger partial charge in [-0.2, -0.15) is 0 Å². The average Bonchev–Trinajstić information content (AvgIpc) is 2.70. The van der Waals surface area contributed by atoms with E-state index in [-0.39, 0.29) is 18.1 Å². The lowest BCUT2D eigenvalue weighted by Crippen LogP contribution is -2.56. The Kier molecular flexibility index (Phi) is 3.50. The van der Waals surface area contributed by atoms with E-state index < -0.39 is 5.54 Å². The zero-order chi connectivity index (χ0) is 11.6. The van der Waals surface area contributed by atoms with Crippen LogP contribution in [-0.2, 0) is 4.79 Å². The molecule has 3 N–H and O–H groups in total. The van der Waals surface area contributed by atoms with Gasteiger partial charge in [0, 0.05) is 0 Å². The third-order valence-corrected chi connectivity index (χ3v) is 3.92. The first-order chi connectivity index (χ1) is 7.62. The predicted octanol–water partition coefficient (Wildman–Crippen LogP) is 0.548. The number of nitrogens with one attached hydrogen (secondary N) is 2. The largest absolute Gasteiger partial charge is 0.391 e. The van der Waals surface area contributed by atoms with Gasteiger partial charge in [0.2, 0.25) is 5.91 Å². The van der Waals surface area contributed by atoms with Crippen LogP contribution >= 0.6 is 0 Å². The summed E-state index contributed by atoms with van der Waals surface area (Å²) in [6, 6.07) is -0.0412. The van der Waals surface area contributed by atoms with Crippen LogP contribution in [0.4, 0.5) is 0 Å². The van der Waals surface area contributed by atoms with Crippen molar-refractivity contribution in [3.8, 4) is 0 Å². The molecule has 4 nitrogen and oxygen atoms in total. The molecule has 0 radical (unpaired) electrons. The number of rotatable bonds is 2. The zero-order valence-electron chi connectivity index (χ0n) is 9.96. The molecular formula is C12H22N2O2. The highest BCUT2D eigenvalue weighted by Gasteiger charge is 2.37. The van der Waals surface area contributed by atoms with Crippen molar-refractivity contribution in [2.24, 2.45) is 0 Å². The highest BCUT2D eigenvalue weighted by atomic mass is 16.3. The number of hydrogen-bond acceptors (Lipinski definition) is 3. The summed E-state index contributed by atoms with van der Waals surface area (Å²) in [6.45, 7) is 2.86. The van der Waals surface area contributed by atoms with Crippen LogP contribution in [0.15, 0.2) is 0 Å². The van der Waals surface area contributed by atoms with E-state index in [9.17, 15) is 9.90 Å². The van der Waals surface area contributed by atoms with Gasteiger partial charge in [-0.15, -0.1) is 0 Å². The highest BCUT2D eigenvalue weighted by Crippen LogP contribution is 2.22. The van der Waals surface area contributed by atoms with Gasteiger partial charge in [-0.25, -0.2) is 0 Å². The van der Waals surface area contributed by atoms with Crippen molar-refractivity contribution < 1.29 is 9.90 Å². The normalized spacial score (nSPS) is 39.6. The molecule has 1 aliphatic heterocycles. The summed E-state index contributed by atoms with van der Waals surface area (Å²) in [5, 5.41) is 16.1. The van der Waals surface area contributed by atoms with E-state index in [1.807, 2.05) is 6.92 Å². The molecule has 1 saturated carbocycles. The van der Waals surface area contributed by atoms with Crippen LogP contribution < -0.4 is 10.6 Å². The van der Waals surface area contributed by atoms with E-state index in [4.69, 9.17) is 0 Å². The monoisotopic (exact) mass is 226 g/mol. The molecule has 2 rings (SSSR count). The maximum absolute atomic E-state index is 12.1. The Morgan fingerprint density at radius 2 is 2.12 bits per heavy atom. The second-order valence-corrected chi connectivity index (χ2v) is 5.29. The molecule has 2 fully saturated rings. The van der Waals surface area contributed by atoms with E-state index in [0.717, 1.165) is 45.1 Å². The SMILES string of the molecule is CC1(C(=O)N[C@H]2CCCC[C@@H]2O)CCCN1. The molecule has 1 amide bonds. The second kappa shape index (κ2) is 4.72. The molecule has 0 aromatic carbocycles. The molecule has 1 unspecified atom stereocenters. The van der Waals surface area contributed by atoms with E-state index in [2.05, 4.69) is 10.6 Å². The summed E-state index contributed by atoms with van der Waals surface area (Å²) in [7, 11) is 0. The summed E-state index contributed by atoms with van der Waals surface area (Å²) in [4.78, 5) is 12.1. The van der Waals surface area contributed by atoms with Gasteiger partial charge in [0.1, 0.15) is 0 Å². The number of carbonyl (C=O) groups excluding carboxylic acids is 1. The molecule has 0 bridgehead atoms. The zero-order valence-corrected chi connectivity index (χ0v) is 9.96. The first-order valence-electron chi connectivity index (χ1n) is 6.36. The van der Waals surface area contributed by atoms with Crippen molar-refractivity contribution >= 4 is 5.91 Å². The average molecular weight is 226 g/mol. The van der Waals surface area contributed by atoms with Crippen LogP contribution in [0.5, 0.6) is 0 Å². The fourth-order valence-corrected chi connectivity index (χ4v) is 2.70. The first kappa shape index (κ1) is 11.9. The smallest absolute Gasteiger partial charge is 0.240 e. The number of aliphatic hydroxyl groups excluding tert-OH is 1. The fourth-order valence-electron chi connectivity index (χ4n) is 2.70. The fraction of sp³-hybridized carbons (Fsp3) is 0.917. The van der Waals surface area contributed by atoms with Crippen molar-refractivity contribution in [3.63, 3.8) is 0 Å². The van der Waals surface area contributed by atoms with Gasteiger partial charge in [-0.3, -0.25) is 4.79 Å². The first-order valence-corrected chi connectivity index (χ1v) is 6.36. The summed E-state index contributed by atoms with van der Waals surface area (Å²) < 4.78 is 0. The van der Waals surface area contributed by atoms with E-state index in [1.165, 1.54) is 0 Å². The van der Waals surface area contributed by atoms with Crippen LogP contribution in [-0.4, -0.2) is 35.2 Å². The third kappa shape index (κ3) is 2.38. The summed E-state index contributed by atoms with van der Waals surface area (Å²) in [5.41, 5.74) is -0.419. The lowest BCUT2D eigenvalue weighted by Gasteiger charge is -2.32. The van der Waals surface area contributed by atoms with Gasteiger partial charge in [0.15, 0.2) is 0 Å². The quantitative estimate of drug-likeness (QED) is 0.644. The number of hydrogen-bond donors (Lipinski definition) is 3. The van der Waals surface area contributed by atoms with Gasteiger partial charge in [0.25, 0.3) is 0 Å². The van der Waals surface area contributed by atoms with Gasteiger partial charge in [0.05, 0.1) is 17.7 Å². The maximum Gasteiger partial charge on any atom is 0.240 e. The van der Waals surface area contributed by atoms with E-state index >= 15 is 0 Å². The van der Waals surface area contributed by atoms with Gasteiger partial charge >= 0.3 is 0 Å². The lowest BCUT2D eigenvalue weighted by molar-refractivity contribution is -0.128. The predicted molar refractivity (Wildman–Crippen MR) is 62.0 cm³/mol. The summed E-state index contributed by atoms with van der Waals surface area (Å²) in [6.07, 6.45) is 5.48. The van der Waals surface area contributed by atoms with Crippen molar-refractivity contribution in [1.29, 1.82) is 0 Å². The minimum atomic E-state index is -0.419. The van der Waals surface area contributed by atoms with Crippen molar-refractivity contribution in [1.82, 2.24) is 10.6 Å². The highest BCUT2D eigenvalue weighted by molar-refractivity contribution is 5.86. The lowest BCUT2D eigenvalue weighted by atomic mass is 9.91. The summed E-state index contributed by atoms with van der Waals surface area (Å²) >= 11 is 0. The van der Waals surface area contributed by atoms with Crippen molar-refractivity contribution in [2.75, 3.05) is 6.54 Å². The Morgan fingerprint density at radius 3 is 2.75 bits per heavy atom. The Hall–Kier alpha value is -0.610. The topological polar surface area (TPSA) is 61.4 Å². The molecular weight excluding hydrogens is 204 g/mol. The molecule has 3 atom stereocenters. The van der Waals surface area contributed by atoms with Crippen LogP contribution in [0.3, 0.4) is 0 Å². The minimum Gasteiger partial charge on any atom is -0.391 e. The Labute approximate surface area is 96.8 Å². The molecule has 0 spiro atoms. The Balaban J connectivity index is 1.90. The van der Waals surface area contributed by atoms with E-state index in [0.29, 0.717) is 0 Å². The summed E-state index contributed by atoms with van der Waals surface area (Å²) in [5.74, 6) is 0.0518. The van der Waals surface area contributed by atoms with Crippen molar-refractivity contribution in [2.45, 2.75) is 63.1 Å². The number of aliphatic hydroxyl groups is 1. The standard InChI is InChI=1S/C12H22N2O2/c1-12(7-4-8-13-12)11(16)14-9-5-2-3-6-10(9)15/h9-10,13,15H,2-8H2,1H3,(H,14,16)/t9-,10-,12?/m0/s1. The van der Waals surface area contributed by atoms with Crippen LogP contribution in [0.2, 0.25) is 0 Å². The van der Waals surface area contributed by atoms with E-state index in [1.54, 1.807) is 0 Å². The van der Waals surface area contributed by atoms with Gasteiger partial charge in [-0.1, -0.05) is 12.8 Å². The molecule has 92 valence electrons. The molecule has 2 aliphatic rings. The molecule has 1 saturated heterocycles. The Morgan fingerprint density at radius 1 is 1.38 bits per heavy atom. The minimum absolute atomic E-state index is 0.0412. The van der Waals surface area contributed by atoms with Crippen molar-refractivity contribution in [3.05, 3.63) is 0 Å². The number of amides is 1. The molecule has 1 aliphatic carbocycles. The molecule has 4 heteroatoms. The van der Waals surface area contributed by atoms with Gasteiger partial charge in [-0.05, 0) is 39.2 Å². The molecule has 1 heterocycles. The maximum atomic E-state index is 12.1. The molecule has 0 aromatic rings.